The van der Waals surface area contributed by atoms with Crippen molar-refractivity contribution in [2.75, 3.05) is 33.9 Å². The van der Waals surface area contributed by atoms with E-state index in [1.165, 1.54) is 18.9 Å². The Balaban J connectivity index is 1.76. The molecule has 0 bridgehead atoms. The van der Waals surface area contributed by atoms with E-state index in [-0.39, 0.29) is 0 Å². The summed E-state index contributed by atoms with van der Waals surface area (Å²) in [6.45, 7) is 3.65. The number of benzene rings is 2. The highest BCUT2D eigenvalue weighted by Gasteiger charge is 2.29. The number of amides is 1. The lowest BCUT2D eigenvalue weighted by Gasteiger charge is -2.28. The average molecular weight is 422 g/mol. The molecule has 2 aromatic carbocycles. The van der Waals surface area contributed by atoms with Crippen molar-refractivity contribution in [3.8, 4) is 0 Å². The molecule has 3 rings (SSSR count). The van der Waals surface area contributed by atoms with Crippen LogP contribution in [-0.2, 0) is 14.8 Å². The van der Waals surface area contributed by atoms with E-state index in [1.54, 1.807) is 25.1 Å². The molecule has 1 fully saturated rings. The summed E-state index contributed by atoms with van der Waals surface area (Å²) >= 11 is 6.00. The minimum atomic E-state index is -3.68. The Morgan fingerprint density at radius 1 is 1.14 bits per heavy atom. The summed E-state index contributed by atoms with van der Waals surface area (Å²) in [5.41, 5.74) is 2.10. The second-order valence-corrected chi connectivity index (χ2v) is 9.24. The maximum Gasteiger partial charge on any atom is 0.247 e. The van der Waals surface area contributed by atoms with Gasteiger partial charge in [-0.2, -0.15) is 0 Å². The van der Waals surface area contributed by atoms with Crippen LogP contribution in [0.3, 0.4) is 0 Å². The molecule has 1 atom stereocenters. The number of hydrogen-bond donors (Lipinski definition) is 1. The SMILES string of the molecule is C[C@H](C(=O)Nc1ccc(N2CCCC2)cc1)N(c1cccc(Cl)c1)S(C)(=O)=O. The first-order valence-electron chi connectivity index (χ1n) is 9.16. The summed E-state index contributed by atoms with van der Waals surface area (Å²) < 4.78 is 25.7. The van der Waals surface area contributed by atoms with Gasteiger partial charge < -0.3 is 10.2 Å². The van der Waals surface area contributed by atoms with E-state index in [0.29, 0.717) is 16.4 Å². The topological polar surface area (TPSA) is 69.7 Å². The van der Waals surface area contributed by atoms with Crippen LogP contribution in [0.1, 0.15) is 19.8 Å². The molecule has 28 heavy (non-hydrogen) atoms. The van der Waals surface area contributed by atoms with Gasteiger partial charge in [-0.15, -0.1) is 0 Å². The van der Waals surface area contributed by atoms with Gasteiger partial charge in [0.25, 0.3) is 0 Å². The molecule has 0 aliphatic carbocycles. The molecule has 0 radical (unpaired) electrons. The van der Waals surface area contributed by atoms with Crippen LogP contribution < -0.4 is 14.5 Å². The van der Waals surface area contributed by atoms with Crippen LogP contribution in [0.2, 0.25) is 5.02 Å². The normalized spacial score (nSPS) is 15.3. The van der Waals surface area contributed by atoms with Crippen molar-refractivity contribution in [3.63, 3.8) is 0 Å². The van der Waals surface area contributed by atoms with Gasteiger partial charge >= 0.3 is 0 Å². The average Bonchev–Trinajstić information content (AvgIpc) is 3.16. The number of sulfonamides is 1. The largest absolute Gasteiger partial charge is 0.372 e. The number of nitrogens with zero attached hydrogens (tertiary/aromatic N) is 2. The number of carbonyl (C=O) groups is 1. The minimum Gasteiger partial charge on any atom is -0.372 e. The zero-order valence-corrected chi connectivity index (χ0v) is 17.5. The van der Waals surface area contributed by atoms with Gasteiger partial charge in [0.2, 0.25) is 15.9 Å². The van der Waals surface area contributed by atoms with Crippen LogP contribution in [0, 0.1) is 0 Å². The van der Waals surface area contributed by atoms with Gasteiger partial charge in [0.1, 0.15) is 6.04 Å². The van der Waals surface area contributed by atoms with Crippen molar-refractivity contribution in [3.05, 3.63) is 53.6 Å². The second-order valence-electron chi connectivity index (χ2n) is 6.94. The predicted molar refractivity (Wildman–Crippen MR) is 115 cm³/mol. The minimum absolute atomic E-state index is 0.349. The lowest BCUT2D eigenvalue weighted by atomic mass is 10.2. The Morgan fingerprint density at radius 2 is 1.79 bits per heavy atom. The third-order valence-corrected chi connectivity index (χ3v) is 6.23. The Labute approximate surface area is 171 Å². The lowest BCUT2D eigenvalue weighted by Crippen LogP contribution is -2.45. The number of nitrogens with one attached hydrogen (secondary N) is 1. The highest BCUT2D eigenvalue weighted by Crippen LogP contribution is 2.25. The molecular weight excluding hydrogens is 398 g/mol. The van der Waals surface area contributed by atoms with Gasteiger partial charge in [0.15, 0.2) is 0 Å². The van der Waals surface area contributed by atoms with Crippen LogP contribution in [0.5, 0.6) is 0 Å². The summed E-state index contributed by atoms with van der Waals surface area (Å²) in [5.74, 6) is -0.417. The summed E-state index contributed by atoms with van der Waals surface area (Å²) in [4.78, 5) is 15.0. The van der Waals surface area contributed by atoms with Crippen molar-refractivity contribution in [2.45, 2.75) is 25.8 Å². The fourth-order valence-corrected chi connectivity index (χ4v) is 4.75. The van der Waals surface area contributed by atoms with Crippen LogP contribution in [0.4, 0.5) is 17.1 Å². The molecular formula is C20H24ClN3O3S. The van der Waals surface area contributed by atoms with Crippen molar-refractivity contribution in [2.24, 2.45) is 0 Å². The third kappa shape index (κ3) is 4.77. The molecule has 1 heterocycles. The van der Waals surface area contributed by atoms with Crippen molar-refractivity contribution < 1.29 is 13.2 Å². The van der Waals surface area contributed by atoms with Gasteiger partial charge in [0.05, 0.1) is 11.9 Å². The maximum absolute atomic E-state index is 12.7. The first kappa shape index (κ1) is 20.5. The van der Waals surface area contributed by atoms with Crippen LogP contribution in [-0.4, -0.2) is 39.7 Å². The number of halogens is 1. The zero-order valence-electron chi connectivity index (χ0n) is 15.9. The molecule has 0 spiro atoms. The van der Waals surface area contributed by atoms with Crippen molar-refractivity contribution >= 4 is 44.6 Å². The van der Waals surface area contributed by atoms with E-state index < -0.39 is 22.0 Å². The van der Waals surface area contributed by atoms with Gasteiger partial charge in [-0.05, 0) is 62.2 Å². The Bertz CT molecular complexity index is 941. The van der Waals surface area contributed by atoms with Crippen LogP contribution in [0.15, 0.2) is 48.5 Å². The molecule has 8 heteroatoms. The summed E-state index contributed by atoms with van der Waals surface area (Å²) in [7, 11) is -3.68. The quantitative estimate of drug-likeness (QED) is 0.771. The zero-order chi connectivity index (χ0) is 20.3. The molecule has 6 nitrogen and oxygen atoms in total. The van der Waals surface area contributed by atoms with E-state index >= 15 is 0 Å². The Morgan fingerprint density at radius 3 is 2.36 bits per heavy atom. The smallest absolute Gasteiger partial charge is 0.247 e. The molecule has 2 aromatic rings. The first-order chi connectivity index (χ1) is 13.3. The maximum atomic E-state index is 12.7. The van der Waals surface area contributed by atoms with Gasteiger partial charge in [-0.1, -0.05) is 17.7 Å². The second kappa shape index (κ2) is 8.41. The van der Waals surface area contributed by atoms with Gasteiger partial charge in [-0.3, -0.25) is 9.10 Å². The first-order valence-corrected chi connectivity index (χ1v) is 11.4. The number of carbonyl (C=O) groups excluding carboxylic acids is 1. The van der Waals surface area contributed by atoms with E-state index in [0.717, 1.165) is 29.3 Å². The Hall–Kier alpha value is -2.25. The highest BCUT2D eigenvalue weighted by atomic mass is 35.5. The van der Waals surface area contributed by atoms with E-state index in [2.05, 4.69) is 10.2 Å². The molecule has 1 saturated heterocycles. The molecule has 0 unspecified atom stereocenters. The predicted octanol–water partition coefficient (Wildman–Crippen LogP) is 3.73. The molecule has 0 aromatic heterocycles. The van der Waals surface area contributed by atoms with E-state index in [1.807, 2.05) is 24.3 Å². The number of hydrogen-bond acceptors (Lipinski definition) is 4. The monoisotopic (exact) mass is 421 g/mol. The van der Waals surface area contributed by atoms with Crippen molar-refractivity contribution in [1.29, 1.82) is 0 Å². The lowest BCUT2D eigenvalue weighted by molar-refractivity contribution is -0.116. The molecule has 1 aliphatic heterocycles. The fraction of sp³-hybridized carbons (Fsp3) is 0.350. The van der Waals surface area contributed by atoms with Crippen molar-refractivity contribution in [1.82, 2.24) is 0 Å². The van der Waals surface area contributed by atoms with Crippen LogP contribution >= 0.6 is 11.6 Å². The Kier molecular flexibility index (Phi) is 6.15. The highest BCUT2D eigenvalue weighted by molar-refractivity contribution is 7.92. The van der Waals surface area contributed by atoms with Gasteiger partial charge in [-0.25, -0.2) is 8.42 Å². The number of anilines is 3. The standard InChI is InChI=1S/C20H24ClN3O3S/c1-15(24(28(2,26)27)19-7-5-6-16(21)14-19)20(25)22-17-8-10-18(11-9-17)23-12-3-4-13-23/h5-11,14-15H,3-4,12-13H2,1-2H3,(H,22,25)/t15-/m1/s1. The fourth-order valence-electron chi connectivity index (χ4n) is 3.40. The van der Waals surface area contributed by atoms with Crippen LogP contribution in [0.25, 0.3) is 0 Å². The summed E-state index contributed by atoms with van der Waals surface area (Å²) in [5, 5.41) is 3.20. The summed E-state index contributed by atoms with van der Waals surface area (Å²) in [6.07, 6.45) is 3.46. The molecule has 1 N–H and O–H groups in total. The van der Waals surface area contributed by atoms with E-state index in [9.17, 15) is 13.2 Å². The molecule has 1 amide bonds. The van der Waals surface area contributed by atoms with Gasteiger partial charge in [0, 0.05) is 29.5 Å². The number of rotatable bonds is 6. The molecule has 0 saturated carbocycles. The molecule has 150 valence electrons. The van der Waals surface area contributed by atoms with E-state index in [4.69, 9.17) is 11.6 Å². The summed E-state index contributed by atoms with van der Waals surface area (Å²) in [6, 6.07) is 13.1. The molecule has 1 aliphatic rings. The third-order valence-electron chi connectivity index (χ3n) is 4.76.